The molecule has 3 nitrogen and oxygen atoms in total. The SMILES string of the molecule is C[SiH](CCC(O)O)O[Si](C)(C)C. The topological polar surface area (TPSA) is 49.7 Å². The van der Waals surface area contributed by atoms with Crippen molar-refractivity contribution in [2.75, 3.05) is 0 Å². The van der Waals surface area contributed by atoms with E-state index in [-0.39, 0.29) is 0 Å². The normalized spacial score (nSPS) is 15.2. The molecule has 0 saturated heterocycles. The molecule has 1 unspecified atom stereocenters. The van der Waals surface area contributed by atoms with E-state index in [1.165, 1.54) is 0 Å². The molecule has 12 heavy (non-hydrogen) atoms. The number of hydrogen-bond donors (Lipinski definition) is 2. The molecule has 74 valence electrons. The summed E-state index contributed by atoms with van der Waals surface area (Å²) in [6.45, 7) is 8.59. The van der Waals surface area contributed by atoms with Crippen LogP contribution < -0.4 is 0 Å². The lowest BCUT2D eigenvalue weighted by Gasteiger charge is -2.23. The lowest BCUT2D eigenvalue weighted by atomic mass is 10.5. The Morgan fingerprint density at radius 1 is 1.33 bits per heavy atom. The zero-order chi connectivity index (χ0) is 9.78. The molecule has 0 aliphatic rings. The van der Waals surface area contributed by atoms with Crippen molar-refractivity contribution in [3.63, 3.8) is 0 Å². The van der Waals surface area contributed by atoms with Gasteiger partial charge in [-0.05, 0) is 38.7 Å². The Bertz CT molecular complexity index is 122. The lowest BCUT2D eigenvalue weighted by molar-refractivity contribution is -0.0417. The molecule has 0 aromatic carbocycles. The van der Waals surface area contributed by atoms with Gasteiger partial charge >= 0.3 is 0 Å². The van der Waals surface area contributed by atoms with E-state index in [1.54, 1.807) is 0 Å². The van der Waals surface area contributed by atoms with Crippen molar-refractivity contribution in [1.82, 2.24) is 0 Å². The first-order chi connectivity index (χ1) is 5.31. The molecule has 1 atom stereocenters. The molecule has 5 heteroatoms. The average Bonchev–Trinajstić information content (AvgIpc) is 1.79. The van der Waals surface area contributed by atoms with E-state index in [4.69, 9.17) is 14.3 Å². The monoisotopic (exact) mass is 208 g/mol. The van der Waals surface area contributed by atoms with Gasteiger partial charge in [0.25, 0.3) is 0 Å². The van der Waals surface area contributed by atoms with Crippen molar-refractivity contribution in [3.05, 3.63) is 0 Å². The van der Waals surface area contributed by atoms with Crippen LogP contribution in [0, 0.1) is 0 Å². The fourth-order valence-corrected chi connectivity index (χ4v) is 7.11. The highest BCUT2D eigenvalue weighted by Gasteiger charge is 2.18. The molecule has 0 fully saturated rings. The Hall–Kier alpha value is 0.314. The summed E-state index contributed by atoms with van der Waals surface area (Å²) in [6, 6.07) is 0.849. The third-order valence-electron chi connectivity index (χ3n) is 1.39. The molecule has 0 rings (SSSR count). The van der Waals surface area contributed by atoms with Gasteiger partial charge in [0.1, 0.15) is 0 Å². The van der Waals surface area contributed by atoms with E-state index in [0.717, 1.165) is 6.04 Å². The van der Waals surface area contributed by atoms with Gasteiger partial charge in [0, 0.05) is 0 Å². The Balaban J connectivity index is 3.53. The summed E-state index contributed by atoms with van der Waals surface area (Å²) >= 11 is 0. The minimum absolute atomic E-state index is 0.456. The van der Waals surface area contributed by atoms with Gasteiger partial charge in [-0.15, -0.1) is 0 Å². The van der Waals surface area contributed by atoms with Gasteiger partial charge in [-0.1, -0.05) is 0 Å². The second-order valence-corrected chi connectivity index (χ2v) is 11.5. The number of hydrogen-bond acceptors (Lipinski definition) is 3. The van der Waals surface area contributed by atoms with Crippen LogP contribution in [0.3, 0.4) is 0 Å². The Labute approximate surface area is 77.2 Å². The third kappa shape index (κ3) is 8.41. The highest BCUT2D eigenvalue weighted by molar-refractivity contribution is 6.77. The van der Waals surface area contributed by atoms with Crippen LogP contribution in [0.15, 0.2) is 0 Å². The van der Waals surface area contributed by atoms with Crippen molar-refractivity contribution in [2.24, 2.45) is 0 Å². The Morgan fingerprint density at radius 3 is 2.17 bits per heavy atom. The molecule has 0 spiro atoms. The average molecular weight is 208 g/mol. The fourth-order valence-electron chi connectivity index (χ4n) is 1.05. The van der Waals surface area contributed by atoms with E-state index in [2.05, 4.69) is 26.2 Å². The second kappa shape index (κ2) is 5.13. The molecule has 0 aliphatic heterocycles. The first-order valence-corrected chi connectivity index (χ1v) is 10.2. The van der Waals surface area contributed by atoms with Crippen LogP contribution in [0.4, 0.5) is 0 Å². The highest BCUT2D eigenvalue weighted by atomic mass is 28.4. The second-order valence-electron chi connectivity index (χ2n) is 4.10. The van der Waals surface area contributed by atoms with E-state index < -0.39 is 23.6 Å². The molecule has 0 bridgehead atoms. The Kier molecular flexibility index (Phi) is 5.27. The summed E-state index contributed by atoms with van der Waals surface area (Å²) in [4.78, 5) is 0. The smallest absolute Gasteiger partial charge is 0.170 e. The fraction of sp³-hybridized carbons (Fsp3) is 1.00. The maximum absolute atomic E-state index is 8.63. The number of aliphatic hydroxyl groups is 2. The maximum atomic E-state index is 8.63. The van der Waals surface area contributed by atoms with Gasteiger partial charge in [0.15, 0.2) is 23.6 Å². The van der Waals surface area contributed by atoms with Gasteiger partial charge in [0.2, 0.25) is 0 Å². The zero-order valence-electron chi connectivity index (χ0n) is 8.37. The van der Waals surface area contributed by atoms with E-state index in [0.29, 0.717) is 6.42 Å². The van der Waals surface area contributed by atoms with E-state index >= 15 is 0 Å². The van der Waals surface area contributed by atoms with Crippen molar-refractivity contribution in [2.45, 2.75) is 44.9 Å². The third-order valence-corrected chi connectivity index (χ3v) is 6.97. The van der Waals surface area contributed by atoms with E-state index in [9.17, 15) is 0 Å². The first kappa shape index (κ1) is 12.3. The largest absolute Gasteiger partial charge is 0.458 e. The quantitative estimate of drug-likeness (QED) is 0.521. The lowest BCUT2D eigenvalue weighted by Crippen LogP contribution is -2.33. The van der Waals surface area contributed by atoms with Gasteiger partial charge in [-0.25, -0.2) is 0 Å². The molecule has 0 aromatic rings. The molecule has 0 saturated carbocycles. The minimum Gasteiger partial charge on any atom is -0.458 e. The van der Waals surface area contributed by atoms with Crippen LogP contribution in [-0.4, -0.2) is 33.9 Å². The molecular weight excluding hydrogens is 188 g/mol. The van der Waals surface area contributed by atoms with Crippen LogP contribution in [0.1, 0.15) is 6.42 Å². The molecule has 0 amide bonds. The maximum Gasteiger partial charge on any atom is 0.170 e. The molecule has 0 heterocycles. The zero-order valence-corrected chi connectivity index (χ0v) is 10.5. The molecular formula is C7H20O3Si2. The van der Waals surface area contributed by atoms with Crippen LogP contribution >= 0.6 is 0 Å². The van der Waals surface area contributed by atoms with Crippen LogP contribution in [0.25, 0.3) is 0 Å². The summed E-state index contributed by atoms with van der Waals surface area (Å²) in [6.07, 6.45) is -0.706. The summed E-state index contributed by atoms with van der Waals surface area (Å²) in [5.74, 6) is 0. The van der Waals surface area contributed by atoms with Gasteiger partial charge in [-0.3, -0.25) is 0 Å². The molecule has 0 aliphatic carbocycles. The van der Waals surface area contributed by atoms with Crippen LogP contribution in [0.2, 0.25) is 32.2 Å². The minimum atomic E-state index is -1.39. The molecule has 0 aromatic heterocycles. The molecule has 2 N–H and O–H groups in total. The first-order valence-electron chi connectivity index (χ1n) is 4.35. The summed E-state index contributed by atoms with van der Waals surface area (Å²) < 4.78 is 5.84. The van der Waals surface area contributed by atoms with Crippen molar-refractivity contribution < 1.29 is 14.3 Å². The van der Waals surface area contributed by atoms with Gasteiger partial charge < -0.3 is 14.3 Å². The van der Waals surface area contributed by atoms with Crippen molar-refractivity contribution in [3.8, 4) is 0 Å². The number of rotatable bonds is 5. The predicted molar refractivity (Wildman–Crippen MR) is 55.1 cm³/mol. The molecule has 0 radical (unpaired) electrons. The highest BCUT2D eigenvalue weighted by Crippen LogP contribution is 2.09. The van der Waals surface area contributed by atoms with Gasteiger partial charge in [0.05, 0.1) is 0 Å². The number of aliphatic hydroxyl groups excluding tert-OH is 1. The standard InChI is InChI=1S/C7H20O3Si2/c1-11(6-5-7(8)9)10-12(2,3)4/h7-9,11H,5-6H2,1-4H3. The summed E-state index contributed by atoms with van der Waals surface area (Å²) in [7, 11) is -2.54. The summed E-state index contributed by atoms with van der Waals surface area (Å²) in [5.41, 5.74) is 0. The van der Waals surface area contributed by atoms with Crippen molar-refractivity contribution in [1.29, 1.82) is 0 Å². The Morgan fingerprint density at radius 2 is 1.83 bits per heavy atom. The van der Waals surface area contributed by atoms with Gasteiger partial charge in [-0.2, -0.15) is 0 Å². The van der Waals surface area contributed by atoms with E-state index in [1.807, 2.05) is 0 Å². The summed E-state index contributed by atoms with van der Waals surface area (Å²) in [5, 5.41) is 17.3. The van der Waals surface area contributed by atoms with Crippen LogP contribution in [-0.2, 0) is 4.12 Å². The van der Waals surface area contributed by atoms with Crippen molar-refractivity contribution >= 4 is 17.4 Å². The van der Waals surface area contributed by atoms with Crippen LogP contribution in [0.5, 0.6) is 0 Å². The predicted octanol–water partition coefficient (Wildman–Crippen LogP) is 0.892.